The minimum atomic E-state index is 0.454. The smallest absolute Gasteiger partial charge is 0.103 e. The molecule has 0 radical (unpaired) electrons. The topological polar surface area (TPSA) is 38.9 Å². The number of nitrogens with two attached hydrogens (primary N) is 1. The third-order valence-electron chi connectivity index (χ3n) is 1.62. The zero-order chi connectivity index (χ0) is 10.9. The molecule has 0 bridgehead atoms. The minimum Gasteiger partial charge on any atom is -0.389 e. The fourth-order valence-corrected chi connectivity index (χ4v) is 1.05. The second-order valence-corrected chi connectivity index (χ2v) is 3.19. The highest BCUT2D eigenvalue weighted by Gasteiger charge is 1.89. The fourth-order valence-electron chi connectivity index (χ4n) is 0.915. The number of nitrogens with zero attached hydrogens (tertiary/aromatic N) is 1. The number of thiocarbonyl (C=S) groups is 1. The normalized spacial score (nSPS) is 8.53. The van der Waals surface area contributed by atoms with Gasteiger partial charge < -0.3 is 5.73 Å². The number of pyridine rings is 1. The Kier molecular flexibility index (Phi) is 5.04. The van der Waals surface area contributed by atoms with E-state index in [0.717, 1.165) is 5.56 Å². The van der Waals surface area contributed by atoms with Gasteiger partial charge in [-0.25, -0.2) is 0 Å². The summed E-state index contributed by atoms with van der Waals surface area (Å²) in [4.78, 5) is 4.24. The molecule has 2 N–H and O–H groups in total. The van der Waals surface area contributed by atoms with Crippen molar-refractivity contribution in [3.8, 4) is 0 Å². The first-order valence-electron chi connectivity index (χ1n) is 4.50. The van der Waals surface area contributed by atoms with Gasteiger partial charge in [0, 0.05) is 18.0 Å². The Morgan fingerprint density at radius 1 is 0.933 bits per heavy atom. The van der Waals surface area contributed by atoms with Crippen LogP contribution in [-0.4, -0.2) is 9.97 Å². The molecule has 0 spiro atoms. The van der Waals surface area contributed by atoms with Crippen LogP contribution < -0.4 is 5.73 Å². The molecule has 1 heterocycles. The number of aromatic nitrogens is 1. The van der Waals surface area contributed by atoms with Crippen LogP contribution in [0.5, 0.6) is 0 Å². The molecule has 1 aromatic carbocycles. The molecule has 3 heteroatoms. The summed E-state index contributed by atoms with van der Waals surface area (Å²) in [7, 11) is 0. The molecule has 1 aromatic heterocycles. The Bertz CT molecular complexity index is 360. The van der Waals surface area contributed by atoms with Crippen molar-refractivity contribution in [2.75, 3.05) is 0 Å². The highest BCUT2D eigenvalue weighted by Crippen LogP contribution is 1.96. The third-order valence-corrected chi connectivity index (χ3v) is 1.86. The molecule has 0 saturated heterocycles. The van der Waals surface area contributed by atoms with Crippen molar-refractivity contribution in [1.29, 1.82) is 0 Å². The Morgan fingerprint density at radius 2 is 1.47 bits per heavy atom. The molecule has 0 aliphatic rings. The van der Waals surface area contributed by atoms with E-state index < -0.39 is 0 Å². The zero-order valence-corrected chi connectivity index (χ0v) is 9.02. The summed E-state index contributed by atoms with van der Waals surface area (Å²) >= 11 is 4.74. The van der Waals surface area contributed by atoms with Crippen LogP contribution in [0.25, 0.3) is 0 Å². The van der Waals surface area contributed by atoms with E-state index in [2.05, 4.69) is 4.98 Å². The van der Waals surface area contributed by atoms with Crippen molar-refractivity contribution in [3.63, 3.8) is 0 Å². The van der Waals surface area contributed by atoms with E-state index in [9.17, 15) is 0 Å². The molecule has 0 atom stereocenters. The molecular weight excluding hydrogens is 204 g/mol. The standard InChI is InChI=1S/C7H7NS.C5H5N/c8-7(9)6-4-2-1-3-5-6;1-2-4-6-5-3-1/h1-5H,(H2,8,9);1-5H. The van der Waals surface area contributed by atoms with Crippen LogP contribution in [0.15, 0.2) is 60.9 Å². The lowest BCUT2D eigenvalue weighted by atomic mass is 10.2. The Balaban J connectivity index is 0.000000162. The van der Waals surface area contributed by atoms with Gasteiger partial charge in [-0.1, -0.05) is 48.6 Å². The summed E-state index contributed by atoms with van der Waals surface area (Å²) < 4.78 is 0. The van der Waals surface area contributed by atoms with E-state index in [0.29, 0.717) is 4.99 Å². The van der Waals surface area contributed by atoms with E-state index in [4.69, 9.17) is 18.0 Å². The second-order valence-electron chi connectivity index (χ2n) is 2.75. The molecule has 0 aliphatic carbocycles. The first kappa shape index (κ1) is 11.3. The quantitative estimate of drug-likeness (QED) is 0.744. The van der Waals surface area contributed by atoms with Crippen LogP contribution in [0, 0.1) is 0 Å². The van der Waals surface area contributed by atoms with E-state index in [1.807, 2.05) is 48.5 Å². The van der Waals surface area contributed by atoms with Gasteiger partial charge in [0.25, 0.3) is 0 Å². The average molecular weight is 216 g/mol. The van der Waals surface area contributed by atoms with E-state index in [-0.39, 0.29) is 0 Å². The summed E-state index contributed by atoms with van der Waals surface area (Å²) in [6.07, 6.45) is 3.50. The molecule has 0 fully saturated rings. The van der Waals surface area contributed by atoms with E-state index in [1.165, 1.54) is 0 Å². The highest BCUT2D eigenvalue weighted by atomic mass is 32.1. The van der Waals surface area contributed by atoms with Crippen LogP contribution in [0.1, 0.15) is 5.56 Å². The maximum Gasteiger partial charge on any atom is 0.103 e. The summed E-state index contributed by atoms with van der Waals surface area (Å²) in [5, 5.41) is 0. The largest absolute Gasteiger partial charge is 0.389 e. The SMILES string of the molecule is NC(=S)c1ccccc1.c1ccncc1. The molecule has 2 aromatic rings. The number of hydrogen-bond donors (Lipinski definition) is 1. The average Bonchev–Trinajstić information content (AvgIpc) is 2.33. The van der Waals surface area contributed by atoms with Crippen molar-refractivity contribution in [2.45, 2.75) is 0 Å². The Morgan fingerprint density at radius 3 is 1.73 bits per heavy atom. The molecule has 2 rings (SSSR count). The Labute approximate surface area is 94.8 Å². The van der Waals surface area contributed by atoms with Crippen LogP contribution in [0.3, 0.4) is 0 Å². The molecule has 0 aliphatic heterocycles. The van der Waals surface area contributed by atoms with Gasteiger partial charge in [0.1, 0.15) is 4.99 Å². The lowest BCUT2D eigenvalue weighted by Gasteiger charge is -1.92. The van der Waals surface area contributed by atoms with Gasteiger partial charge in [-0.2, -0.15) is 0 Å². The van der Waals surface area contributed by atoms with Gasteiger partial charge in [0.05, 0.1) is 0 Å². The lowest BCUT2D eigenvalue weighted by Crippen LogP contribution is -2.08. The molecule has 15 heavy (non-hydrogen) atoms. The first-order chi connectivity index (χ1) is 7.30. The molecule has 76 valence electrons. The van der Waals surface area contributed by atoms with Crippen molar-refractivity contribution < 1.29 is 0 Å². The lowest BCUT2D eigenvalue weighted by molar-refractivity contribution is 1.33. The maximum atomic E-state index is 5.35. The summed E-state index contributed by atoms with van der Waals surface area (Å²) in [6, 6.07) is 15.3. The number of rotatable bonds is 1. The van der Waals surface area contributed by atoms with Gasteiger partial charge in [-0.05, 0) is 12.1 Å². The van der Waals surface area contributed by atoms with Gasteiger partial charge in [-0.15, -0.1) is 0 Å². The predicted octanol–water partition coefficient (Wildman–Crippen LogP) is 2.40. The second kappa shape index (κ2) is 6.68. The fraction of sp³-hybridized carbons (Fsp3) is 0. The number of hydrogen-bond acceptors (Lipinski definition) is 2. The van der Waals surface area contributed by atoms with Crippen molar-refractivity contribution >= 4 is 17.2 Å². The monoisotopic (exact) mass is 216 g/mol. The molecular formula is C12H12N2S. The molecule has 0 amide bonds. The van der Waals surface area contributed by atoms with Crippen molar-refractivity contribution in [1.82, 2.24) is 4.98 Å². The summed E-state index contributed by atoms with van der Waals surface area (Å²) in [5.41, 5.74) is 6.27. The minimum absolute atomic E-state index is 0.454. The van der Waals surface area contributed by atoms with Crippen LogP contribution in [-0.2, 0) is 0 Å². The molecule has 0 unspecified atom stereocenters. The maximum absolute atomic E-state index is 5.35. The third kappa shape index (κ3) is 4.88. The zero-order valence-electron chi connectivity index (χ0n) is 8.21. The Hall–Kier alpha value is -1.74. The van der Waals surface area contributed by atoms with Gasteiger partial charge in [0.15, 0.2) is 0 Å². The van der Waals surface area contributed by atoms with Gasteiger partial charge in [-0.3, -0.25) is 4.98 Å². The van der Waals surface area contributed by atoms with Crippen molar-refractivity contribution in [3.05, 3.63) is 66.5 Å². The molecule has 2 nitrogen and oxygen atoms in total. The summed E-state index contributed by atoms with van der Waals surface area (Å²) in [5.74, 6) is 0. The summed E-state index contributed by atoms with van der Waals surface area (Å²) in [6.45, 7) is 0. The van der Waals surface area contributed by atoms with Crippen LogP contribution >= 0.6 is 12.2 Å². The number of benzene rings is 1. The first-order valence-corrected chi connectivity index (χ1v) is 4.91. The van der Waals surface area contributed by atoms with E-state index >= 15 is 0 Å². The molecule has 0 saturated carbocycles. The predicted molar refractivity (Wildman–Crippen MR) is 66.6 cm³/mol. The van der Waals surface area contributed by atoms with E-state index in [1.54, 1.807) is 12.4 Å². The van der Waals surface area contributed by atoms with Crippen LogP contribution in [0.4, 0.5) is 0 Å². The van der Waals surface area contributed by atoms with Crippen molar-refractivity contribution in [2.24, 2.45) is 5.73 Å². The van der Waals surface area contributed by atoms with Crippen LogP contribution in [0.2, 0.25) is 0 Å². The van der Waals surface area contributed by atoms with Gasteiger partial charge >= 0.3 is 0 Å². The van der Waals surface area contributed by atoms with Gasteiger partial charge in [0.2, 0.25) is 0 Å². The highest BCUT2D eigenvalue weighted by molar-refractivity contribution is 7.80.